The van der Waals surface area contributed by atoms with Crippen LogP contribution in [-0.4, -0.2) is 6.10 Å². The van der Waals surface area contributed by atoms with Crippen LogP contribution in [0.4, 0.5) is 4.39 Å². The van der Waals surface area contributed by atoms with E-state index in [1.54, 1.807) is 0 Å². The van der Waals surface area contributed by atoms with E-state index in [2.05, 4.69) is 31.2 Å². The smallest absolute Gasteiger partial charge is 0.196 e. The van der Waals surface area contributed by atoms with Crippen LogP contribution in [0.1, 0.15) is 69.4 Å². The minimum absolute atomic E-state index is 0.349. The molecule has 0 atom stereocenters. The number of halogens is 1. The fourth-order valence-electron chi connectivity index (χ4n) is 3.48. The van der Waals surface area contributed by atoms with Crippen LogP contribution in [-0.2, 0) is 17.8 Å². The van der Waals surface area contributed by atoms with Gasteiger partial charge in [-0.1, -0.05) is 37.6 Å². The van der Waals surface area contributed by atoms with Gasteiger partial charge in [-0.15, -0.1) is 0 Å². The lowest BCUT2D eigenvalue weighted by molar-refractivity contribution is 0.00645. The first-order valence-electron chi connectivity index (χ1n) is 9.66. The Balaban J connectivity index is 1.64. The van der Waals surface area contributed by atoms with Gasteiger partial charge in [-0.05, 0) is 74.5 Å². The van der Waals surface area contributed by atoms with E-state index in [9.17, 15) is 4.39 Å². The Bertz CT molecular complexity index is 565. The zero-order valence-electron chi connectivity index (χ0n) is 15.3. The minimum atomic E-state index is -0.655. The van der Waals surface area contributed by atoms with Gasteiger partial charge in [0.05, 0.1) is 12.7 Å². The van der Waals surface area contributed by atoms with Crippen LogP contribution in [0.25, 0.3) is 0 Å². The van der Waals surface area contributed by atoms with E-state index in [1.165, 1.54) is 36.1 Å². The molecule has 25 heavy (non-hydrogen) atoms. The van der Waals surface area contributed by atoms with Crippen molar-refractivity contribution in [2.24, 2.45) is 5.92 Å². The van der Waals surface area contributed by atoms with Crippen molar-refractivity contribution in [3.05, 3.63) is 47.3 Å². The number of benzene rings is 1. The van der Waals surface area contributed by atoms with Crippen LogP contribution in [0.15, 0.2) is 36.2 Å². The number of ether oxygens (including phenoxy) is 1. The summed E-state index contributed by atoms with van der Waals surface area (Å²) in [4.78, 5) is 0. The first-order chi connectivity index (χ1) is 12.2. The van der Waals surface area contributed by atoms with E-state index in [0.717, 1.165) is 38.5 Å². The highest BCUT2D eigenvalue weighted by Crippen LogP contribution is 2.30. The van der Waals surface area contributed by atoms with E-state index in [0.29, 0.717) is 25.0 Å². The Labute approximate surface area is 151 Å². The molecule has 0 radical (unpaired) electrons. The molecule has 1 aromatic carbocycles. The lowest BCUT2D eigenvalue weighted by atomic mass is 9.84. The predicted octanol–water partition coefficient (Wildman–Crippen LogP) is 6.26. The van der Waals surface area contributed by atoms with E-state index < -0.39 is 5.83 Å². The van der Waals surface area contributed by atoms with Crippen molar-refractivity contribution in [3.8, 4) is 6.07 Å². The van der Waals surface area contributed by atoms with Crippen molar-refractivity contribution >= 4 is 0 Å². The highest BCUT2D eigenvalue weighted by atomic mass is 19.1. The second-order valence-corrected chi connectivity index (χ2v) is 7.12. The fraction of sp³-hybridized carbons (Fsp3) is 0.591. The van der Waals surface area contributed by atoms with E-state index >= 15 is 0 Å². The van der Waals surface area contributed by atoms with Crippen LogP contribution in [0, 0.1) is 17.2 Å². The molecule has 0 aromatic heterocycles. The summed E-state index contributed by atoms with van der Waals surface area (Å²) in [6.45, 7) is 2.91. The van der Waals surface area contributed by atoms with E-state index in [-0.39, 0.29) is 0 Å². The lowest BCUT2D eigenvalue weighted by Gasteiger charge is -2.28. The maximum Gasteiger partial charge on any atom is 0.196 e. The van der Waals surface area contributed by atoms with Crippen molar-refractivity contribution in [2.75, 3.05) is 0 Å². The Hall–Kier alpha value is -1.66. The fourth-order valence-corrected chi connectivity index (χ4v) is 3.48. The number of rotatable bonds is 9. The molecule has 1 aromatic rings. The van der Waals surface area contributed by atoms with Crippen LogP contribution in [0.2, 0.25) is 0 Å². The van der Waals surface area contributed by atoms with Gasteiger partial charge in [0.2, 0.25) is 0 Å². The maximum atomic E-state index is 12.8. The molecule has 2 nitrogen and oxygen atoms in total. The normalized spacial score (nSPS) is 21.1. The summed E-state index contributed by atoms with van der Waals surface area (Å²) in [5.74, 6) is -0.0156. The summed E-state index contributed by atoms with van der Waals surface area (Å²) < 4.78 is 18.9. The molecule has 0 amide bonds. The molecule has 0 bridgehead atoms. The number of hydrogen-bond donors (Lipinski definition) is 0. The minimum Gasteiger partial charge on any atom is -0.374 e. The van der Waals surface area contributed by atoms with Crippen LogP contribution < -0.4 is 0 Å². The quantitative estimate of drug-likeness (QED) is 0.496. The summed E-state index contributed by atoms with van der Waals surface area (Å²) in [5, 5.41) is 8.40. The summed E-state index contributed by atoms with van der Waals surface area (Å²) >= 11 is 0. The highest BCUT2D eigenvalue weighted by molar-refractivity contribution is 5.22. The molecule has 136 valence electrons. The summed E-state index contributed by atoms with van der Waals surface area (Å²) in [5.41, 5.74) is 2.66. The highest BCUT2D eigenvalue weighted by Gasteiger charge is 2.21. The van der Waals surface area contributed by atoms with Crippen molar-refractivity contribution in [2.45, 2.75) is 77.4 Å². The van der Waals surface area contributed by atoms with Crippen LogP contribution in [0.3, 0.4) is 0 Å². The van der Waals surface area contributed by atoms with Crippen molar-refractivity contribution in [1.82, 2.24) is 0 Å². The Morgan fingerprint density at radius 2 is 1.88 bits per heavy atom. The average Bonchev–Trinajstić information content (AvgIpc) is 2.66. The molecule has 0 unspecified atom stereocenters. The Morgan fingerprint density at radius 3 is 2.52 bits per heavy atom. The molecule has 1 saturated carbocycles. The van der Waals surface area contributed by atoms with Gasteiger partial charge in [0, 0.05) is 0 Å². The molecular weight excluding hydrogens is 313 g/mol. The number of aryl methyl sites for hydroxylation is 1. The third kappa shape index (κ3) is 7.40. The van der Waals surface area contributed by atoms with Gasteiger partial charge < -0.3 is 4.74 Å². The molecule has 0 N–H and O–H groups in total. The van der Waals surface area contributed by atoms with Crippen molar-refractivity contribution in [3.63, 3.8) is 0 Å². The molecule has 1 aliphatic carbocycles. The van der Waals surface area contributed by atoms with Crippen molar-refractivity contribution in [1.29, 1.82) is 5.26 Å². The summed E-state index contributed by atoms with van der Waals surface area (Å²) in [7, 11) is 0. The first-order valence-corrected chi connectivity index (χ1v) is 9.66. The zero-order chi connectivity index (χ0) is 17.9. The third-order valence-electron chi connectivity index (χ3n) is 5.13. The summed E-state index contributed by atoms with van der Waals surface area (Å²) in [6.07, 6.45) is 11.5. The van der Waals surface area contributed by atoms with Gasteiger partial charge in [0.1, 0.15) is 6.07 Å². The molecule has 0 heterocycles. The van der Waals surface area contributed by atoms with Gasteiger partial charge in [-0.25, -0.2) is 0 Å². The largest absolute Gasteiger partial charge is 0.374 e. The van der Waals surface area contributed by atoms with Gasteiger partial charge in [-0.2, -0.15) is 9.65 Å². The number of nitriles is 1. The average molecular weight is 343 g/mol. The van der Waals surface area contributed by atoms with Gasteiger partial charge in [0.15, 0.2) is 5.83 Å². The van der Waals surface area contributed by atoms with Crippen LogP contribution in [0.5, 0.6) is 0 Å². The molecule has 2 rings (SSSR count). The number of unbranched alkanes of at least 4 members (excludes halogenated alkanes) is 1. The second kappa shape index (κ2) is 11.1. The van der Waals surface area contributed by atoms with Gasteiger partial charge in [-0.3, -0.25) is 0 Å². The molecular formula is C22H30FNO. The molecule has 0 aliphatic heterocycles. The monoisotopic (exact) mass is 343 g/mol. The molecule has 0 saturated heterocycles. The first kappa shape index (κ1) is 19.7. The molecule has 1 fully saturated rings. The number of allylic oxidation sites excluding steroid dienone is 2. The lowest BCUT2D eigenvalue weighted by Crippen LogP contribution is -2.21. The Morgan fingerprint density at radius 1 is 1.20 bits per heavy atom. The molecule has 1 aliphatic rings. The molecule has 0 spiro atoms. The van der Waals surface area contributed by atoms with E-state index in [4.69, 9.17) is 10.00 Å². The topological polar surface area (TPSA) is 33.0 Å². The molecule has 3 heteroatoms. The zero-order valence-corrected chi connectivity index (χ0v) is 15.3. The predicted molar refractivity (Wildman–Crippen MR) is 99.6 cm³/mol. The number of hydrogen-bond acceptors (Lipinski definition) is 2. The summed E-state index contributed by atoms with van der Waals surface area (Å²) in [6, 6.07) is 10.3. The second-order valence-electron chi connectivity index (χ2n) is 7.12. The van der Waals surface area contributed by atoms with Gasteiger partial charge in [0.25, 0.3) is 0 Å². The van der Waals surface area contributed by atoms with E-state index in [1.807, 2.05) is 0 Å². The van der Waals surface area contributed by atoms with Gasteiger partial charge >= 0.3 is 0 Å². The maximum absolute atomic E-state index is 12.8. The SMILES string of the molecule is CCCCc1ccc(COC2CCC(CCC=C(F)C#N)CC2)cc1. The third-order valence-corrected chi connectivity index (χ3v) is 5.13. The standard InChI is InChI=1S/C22H30FNO/c1-2-3-5-18-8-10-20(11-9-18)17-25-22-14-12-19(13-15-22)6-4-7-21(23)16-24/h7-11,19,22H,2-6,12-15,17H2,1H3. The van der Waals surface area contributed by atoms with Crippen molar-refractivity contribution < 1.29 is 9.13 Å². The van der Waals surface area contributed by atoms with Crippen LogP contribution >= 0.6 is 0 Å². The Kier molecular flexibility index (Phi) is 8.69. The number of nitrogens with zero attached hydrogens (tertiary/aromatic N) is 1.